The lowest BCUT2D eigenvalue weighted by Crippen LogP contribution is -2.46. The Morgan fingerprint density at radius 1 is 1.03 bits per heavy atom. The summed E-state index contributed by atoms with van der Waals surface area (Å²) >= 11 is 1.55. The van der Waals surface area contributed by atoms with Gasteiger partial charge in [0.15, 0.2) is 0 Å². The number of aryl methyl sites for hydroxylation is 1. The van der Waals surface area contributed by atoms with Crippen molar-refractivity contribution in [2.24, 2.45) is 5.92 Å². The molecule has 1 aliphatic heterocycles. The van der Waals surface area contributed by atoms with Crippen LogP contribution in [0.2, 0.25) is 0 Å². The predicted octanol–water partition coefficient (Wildman–Crippen LogP) is 4.88. The van der Waals surface area contributed by atoms with Gasteiger partial charge in [-0.05, 0) is 61.2 Å². The fraction of sp³-hybridized carbons (Fsp3) is 0.269. The van der Waals surface area contributed by atoms with Crippen LogP contribution in [0.5, 0.6) is 0 Å². The molecule has 0 radical (unpaired) electrons. The van der Waals surface area contributed by atoms with E-state index in [2.05, 4.69) is 5.32 Å². The van der Waals surface area contributed by atoms with Gasteiger partial charge >= 0.3 is 0 Å². The van der Waals surface area contributed by atoms with Gasteiger partial charge in [-0.3, -0.25) is 14.4 Å². The second-order valence-corrected chi connectivity index (χ2v) is 9.45. The molecule has 3 amide bonds. The van der Waals surface area contributed by atoms with E-state index in [0.29, 0.717) is 24.1 Å². The number of hydrogen-bond acceptors (Lipinski definition) is 4. The Kier molecular flexibility index (Phi) is 6.60. The minimum atomic E-state index is -0.397. The number of rotatable bonds is 5. The highest BCUT2D eigenvalue weighted by Gasteiger charge is 2.42. The molecule has 2 unspecified atom stereocenters. The molecule has 2 heterocycles. The third-order valence-corrected chi connectivity index (χ3v) is 6.83. The number of nitrogens with zero attached hydrogens (tertiary/aromatic N) is 2. The maximum Gasteiger partial charge on any atom is 0.253 e. The van der Waals surface area contributed by atoms with Gasteiger partial charge in [-0.15, -0.1) is 11.3 Å². The smallest absolute Gasteiger partial charge is 0.253 e. The molecule has 170 valence electrons. The van der Waals surface area contributed by atoms with E-state index in [1.165, 1.54) is 4.90 Å². The normalized spacial score (nSPS) is 18.2. The Labute approximate surface area is 197 Å². The molecule has 7 heteroatoms. The van der Waals surface area contributed by atoms with Crippen LogP contribution in [-0.2, 0) is 9.59 Å². The van der Waals surface area contributed by atoms with Crippen molar-refractivity contribution in [3.05, 3.63) is 82.0 Å². The van der Waals surface area contributed by atoms with Gasteiger partial charge in [-0.2, -0.15) is 0 Å². The van der Waals surface area contributed by atoms with Crippen LogP contribution in [0.25, 0.3) is 0 Å². The van der Waals surface area contributed by atoms with E-state index >= 15 is 0 Å². The molecule has 33 heavy (non-hydrogen) atoms. The summed E-state index contributed by atoms with van der Waals surface area (Å²) < 4.78 is 0. The molecule has 0 spiro atoms. The molecule has 4 rings (SSSR count). The summed E-state index contributed by atoms with van der Waals surface area (Å²) in [5, 5.41) is 4.97. The SMILES string of the molecule is Cc1ccc(N2C(=O)CCC(C(=O)Nc3ccc(C(=O)N(C)C)cc3)C2c2cccs2)cc1. The monoisotopic (exact) mass is 461 g/mol. The molecule has 1 fully saturated rings. The Morgan fingerprint density at radius 2 is 1.73 bits per heavy atom. The van der Waals surface area contributed by atoms with E-state index in [4.69, 9.17) is 0 Å². The Morgan fingerprint density at radius 3 is 2.33 bits per heavy atom. The first-order valence-corrected chi connectivity index (χ1v) is 11.8. The van der Waals surface area contributed by atoms with Gasteiger partial charge in [0.05, 0.1) is 12.0 Å². The Hall–Kier alpha value is -3.45. The lowest BCUT2D eigenvalue weighted by atomic mass is 9.86. The molecule has 1 aromatic heterocycles. The zero-order chi connectivity index (χ0) is 23.5. The predicted molar refractivity (Wildman–Crippen MR) is 132 cm³/mol. The second-order valence-electron chi connectivity index (χ2n) is 8.47. The summed E-state index contributed by atoms with van der Waals surface area (Å²) in [4.78, 5) is 42.8. The van der Waals surface area contributed by atoms with Crippen molar-refractivity contribution in [3.63, 3.8) is 0 Å². The fourth-order valence-corrected chi connectivity index (χ4v) is 5.03. The zero-order valence-corrected chi connectivity index (χ0v) is 19.8. The number of carbonyl (C=O) groups is 3. The Balaban J connectivity index is 1.61. The van der Waals surface area contributed by atoms with Gasteiger partial charge in [0, 0.05) is 42.3 Å². The third-order valence-electron chi connectivity index (χ3n) is 5.89. The summed E-state index contributed by atoms with van der Waals surface area (Å²) in [7, 11) is 3.40. The van der Waals surface area contributed by atoms with E-state index in [9.17, 15) is 14.4 Å². The highest BCUT2D eigenvalue weighted by atomic mass is 32.1. The number of nitrogens with one attached hydrogen (secondary N) is 1. The summed E-state index contributed by atoms with van der Waals surface area (Å²) in [5.74, 6) is -0.603. The van der Waals surface area contributed by atoms with Crippen molar-refractivity contribution < 1.29 is 14.4 Å². The molecular weight excluding hydrogens is 434 g/mol. The zero-order valence-electron chi connectivity index (χ0n) is 18.9. The van der Waals surface area contributed by atoms with Crippen LogP contribution >= 0.6 is 11.3 Å². The average Bonchev–Trinajstić information content (AvgIpc) is 3.34. The highest BCUT2D eigenvalue weighted by molar-refractivity contribution is 7.10. The Bertz CT molecular complexity index is 1140. The van der Waals surface area contributed by atoms with Gasteiger partial charge < -0.3 is 15.1 Å². The molecule has 2 atom stereocenters. The van der Waals surface area contributed by atoms with Crippen LogP contribution in [0.1, 0.15) is 39.7 Å². The van der Waals surface area contributed by atoms with Crippen LogP contribution in [0.3, 0.4) is 0 Å². The lowest BCUT2D eigenvalue weighted by Gasteiger charge is -2.40. The fourth-order valence-electron chi connectivity index (χ4n) is 4.15. The molecule has 1 saturated heterocycles. The van der Waals surface area contributed by atoms with Crippen molar-refractivity contribution in [1.29, 1.82) is 0 Å². The molecular formula is C26H27N3O3S. The largest absolute Gasteiger partial charge is 0.345 e. The summed E-state index contributed by atoms with van der Waals surface area (Å²) in [5.41, 5.74) is 3.09. The van der Waals surface area contributed by atoms with Gasteiger partial charge in [0.25, 0.3) is 5.91 Å². The molecule has 1 aliphatic rings. The minimum absolute atomic E-state index is 0.0212. The van der Waals surface area contributed by atoms with Crippen LogP contribution in [-0.4, -0.2) is 36.7 Å². The number of carbonyl (C=O) groups excluding carboxylic acids is 3. The number of thiophene rings is 1. The van der Waals surface area contributed by atoms with Crippen LogP contribution in [0.15, 0.2) is 66.0 Å². The van der Waals surface area contributed by atoms with Crippen molar-refractivity contribution in [3.8, 4) is 0 Å². The van der Waals surface area contributed by atoms with Crippen LogP contribution in [0.4, 0.5) is 11.4 Å². The molecule has 2 aromatic carbocycles. The number of benzene rings is 2. The second kappa shape index (κ2) is 9.58. The first kappa shape index (κ1) is 22.7. The van der Waals surface area contributed by atoms with Crippen molar-refractivity contribution >= 4 is 40.4 Å². The van der Waals surface area contributed by atoms with E-state index in [0.717, 1.165) is 16.1 Å². The first-order chi connectivity index (χ1) is 15.8. The van der Waals surface area contributed by atoms with Gasteiger partial charge in [-0.25, -0.2) is 0 Å². The van der Waals surface area contributed by atoms with Crippen LogP contribution in [0, 0.1) is 12.8 Å². The highest BCUT2D eigenvalue weighted by Crippen LogP contribution is 2.42. The quantitative estimate of drug-likeness (QED) is 0.589. The van der Waals surface area contributed by atoms with E-state index in [1.807, 2.05) is 48.7 Å². The standard InChI is InChI=1S/C26H27N3O3S/c1-17-6-12-20(13-7-17)29-23(30)15-14-21(24(29)22-5-4-16-33-22)25(31)27-19-10-8-18(9-11-19)26(32)28(2)3/h4-13,16,21,24H,14-15H2,1-3H3,(H,27,31). The molecule has 0 bridgehead atoms. The maximum absolute atomic E-state index is 13.4. The van der Waals surface area contributed by atoms with Crippen molar-refractivity contribution in [2.75, 3.05) is 24.3 Å². The van der Waals surface area contributed by atoms with Crippen molar-refractivity contribution in [2.45, 2.75) is 25.8 Å². The topological polar surface area (TPSA) is 69.7 Å². The molecule has 6 nitrogen and oxygen atoms in total. The number of anilines is 2. The van der Waals surface area contributed by atoms with Crippen LogP contribution < -0.4 is 10.2 Å². The van der Waals surface area contributed by atoms with E-state index in [-0.39, 0.29) is 23.8 Å². The number of amides is 3. The van der Waals surface area contributed by atoms with Gasteiger partial charge in [0.2, 0.25) is 11.8 Å². The lowest BCUT2D eigenvalue weighted by molar-refractivity contribution is -0.125. The number of piperidine rings is 1. The average molecular weight is 462 g/mol. The van der Waals surface area contributed by atoms with E-state index < -0.39 is 5.92 Å². The molecule has 0 aliphatic carbocycles. The molecule has 3 aromatic rings. The molecule has 1 N–H and O–H groups in total. The van der Waals surface area contributed by atoms with Crippen molar-refractivity contribution in [1.82, 2.24) is 4.90 Å². The minimum Gasteiger partial charge on any atom is -0.345 e. The van der Waals surface area contributed by atoms with Gasteiger partial charge in [0.1, 0.15) is 0 Å². The third kappa shape index (κ3) is 4.83. The van der Waals surface area contributed by atoms with E-state index in [1.54, 1.807) is 54.6 Å². The summed E-state index contributed by atoms with van der Waals surface area (Å²) in [6.07, 6.45) is 0.789. The number of hydrogen-bond donors (Lipinski definition) is 1. The summed E-state index contributed by atoms with van der Waals surface area (Å²) in [6.45, 7) is 2.01. The maximum atomic E-state index is 13.4. The van der Waals surface area contributed by atoms with Gasteiger partial charge in [-0.1, -0.05) is 23.8 Å². The summed E-state index contributed by atoms with van der Waals surface area (Å²) in [6, 6.07) is 18.3. The molecule has 0 saturated carbocycles. The first-order valence-electron chi connectivity index (χ1n) is 10.9.